The Hall–Kier alpha value is -1.77. The van der Waals surface area contributed by atoms with Crippen LogP contribution in [-0.2, 0) is 4.79 Å². The Balaban J connectivity index is 1.98. The van der Waals surface area contributed by atoms with Gasteiger partial charge in [-0.25, -0.2) is 4.79 Å². The molecule has 1 saturated heterocycles. The van der Waals surface area contributed by atoms with Gasteiger partial charge in [0, 0.05) is 26.2 Å². The monoisotopic (exact) mass is 306 g/mol. The number of rotatable bonds is 3. The van der Waals surface area contributed by atoms with Gasteiger partial charge >= 0.3 is 6.03 Å². The minimum Gasteiger partial charge on any atom is -0.336 e. The first kappa shape index (κ1) is 16.6. The molecule has 0 aromatic heterocycles. The van der Waals surface area contributed by atoms with Gasteiger partial charge in [-0.2, -0.15) is 5.26 Å². The Kier molecular flexibility index (Phi) is 4.94. The fourth-order valence-electron chi connectivity index (χ4n) is 3.22. The average Bonchev–Trinajstić information content (AvgIpc) is 2.45. The van der Waals surface area contributed by atoms with Gasteiger partial charge in [0.1, 0.15) is 5.54 Å². The van der Waals surface area contributed by atoms with E-state index in [-0.39, 0.29) is 23.9 Å². The summed E-state index contributed by atoms with van der Waals surface area (Å²) in [6, 6.07) is 2.29. The summed E-state index contributed by atoms with van der Waals surface area (Å²) in [6.45, 7) is 4.98. The molecule has 0 bridgehead atoms. The second kappa shape index (κ2) is 6.55. The molecule has 0 aromatic carbocycles. The summed E-state index contributed by atoms with van der Waals surface area (Å²) < 4.78 is 0. The number of amides is 3. The van der Waals surface area contributed by atoms with Crippen molar-refractivity contribution in [3.05, 3.63) is 0 Å². The Morgan fingerprint density at radius 1 is 1.36 bits per heavy atom. The van der Waals surface area contributed by atoms with Crippen molar-refractivity contribution in [2.45, 2.75) is 57.5 Å². The largest absolute Gasteiger partial charge is 0.336 e. The number of nitriles is 1. The van der Waals surface area contributed by atoms with Crippen LogP contribution < -0.4 is 5.32 Å². The molecule has 2 aliphatic rings. The molecule has 22 heavy (non-hydrogen) atoms. The maximum Gasteiger partial charge on any atom is 0.317 e. The van der Waals surface area contributed by atoms with Gasteiger partial charge < -0.3 is 15.1 Å². The van der Waals surface area contributed by atoms with Crippen LogP contribution in [0.15, 0.2) is 0 Å². The third-order valence-corrected chi connectivity index (χ3v) is 4.83. The number of carbonyl (C=O) groups is 2. The first-order valence-corrected chi connectivity index (χ1v) is 8.14. The van der Waals surface area contributed by atoms with Crippen LogP contribution in [0.2, 0.25) is 0 Å². The van der Waals surface area contributed by atoms with E-state index in [9.17, 15) is 14.9 Å². The van der Waals surface area contributed by atoms with Crippen molar-refractivity contribution in [2.75, 3.05) is 20.1 Å². The predicted molar refractivity (Wildman–Crippen MR) is 82.9 cm³/mol. The van der Waals surface area contributed by atoms with E-state index < -0.39 is 5.54 Å². The smallest absolute Gasteiger partial charge is 0.317 e. The minimum atomic E-state index is -0.612. The van der Waals surface area contributed by atoms with Gasteiger partial charge in [-0.3, -0.25) is 4.79 Å². The fourth-order valence-corrected chi connectivity index (χ4v) is 3.22. The van der Waals surface area contributed by atoms with Crippen LogP contribution in [0.4, 0.5) is 4.79 Å². The van der Waals surface area contributed by atoms with Crippen molar-refractivity contribution in [3.63, 3.8) is 0 Å². The molecule has 2 fully saturated rings. The molecule has 3 amide bonds. The van der Waals surface area contributed by atoms with Gasteiger partial charge in [0.2, 0.25) is 5.91 Å². The zero-order chi connectivity index (χ0) is 16.3. The lowest BCUT2D eigenvalue weighted by Gasteiger charge is -2.45. The van der Waals surface area contributed by atoms with Crippen molar-refractivity contribution in [1.82, 2.24) is 15.1 Å². The first-order valence-electron chi connectivity index (χ1n) is 8.14. The number of likely N-dealkylation sites (tertiary alicyclic amines) is 1. The molecule has 1 atom stereocenters. The summed E-state index contributed by atoms with van der Waals surface area (Å²) in [4.78, 5) is 28.2. The highest BCUT2D eigenvalue weighted by molar-refractivity contribution is 5.82. The molecule has 1 saturated carbocycles. The van der Waals surface area contributed by atoms with Crippen LogP contribution in [0.25, 0.3) is 0 Å². The Morgan fingerprint density at radius 3 is 2.55 bits per heavy atom. The van der Waals surface area contributed by atoms with Gasteiger partial charge in [-0.1, -0.05) is 0 Å². The van der Waals surface area contributed by atoms with E-state index in [4.69, 9.17) is 0 Å². The van der Waals surface area contributed by atoms with Crippen LogP contribution >= 0.6 is 0 Å². The van der Waals surface area contributed by atoms with Crippen LogP contribution in [-0.4, -0.2) is 53.5 Å². The summed E-state index contributed by atoms with van der Waals surface area (Å²) in [6.07, 6.45) is 4.14. The van der Waals surface area contributed by atoms with E-state index in [0.717, 1.165) is 32.1 Å². The fraction of sp³-hybridized carbons (Fsp3) is 0.812. The number of hydrogen-bond acceptors (Lipinski definition) is 3. The summed E-state index contributed by atoms with van der Waals surface area (Å²) >= 11 is 0. The van der Waals surface area contributed by atoms with E-state index in [2.05, 4.69) is 11.4 Å². The third-order valence-electron chi connectivity index (χ3n) is 4.83. The van der Waals surface area contributed by atoms with Crippen LogP contribution in [0, 0.1) is 17.2 Å². The lowest BCUT2D eigenvalue weighted by atomic mass is 9.76. The van der Waals surface area contributed by atoms with E-state index in [0.29, 0.717) is 13.1 Å². The molecular weight excluding hydrogens is 280 g/mol. The highest BCUT2D eigenvalue weighted by Crippen LogP contribution is 2.37. The zero-order valence-corrected chi connectivity index (χ0v) is 13.8. The van der Waals surface area contributed by atoms with Gasteiger partial charge in [-0.05, 0) is 46.0 Å². The van der Waals surface area contributed by atoms with Crippen molar-refractivity contribution in [3.8, 4) is 6.07 Å². The molecule has 1 aliphatic carbocycles. The van der Waals surface area contributed by atoms with Gasteiger partial charge in [0.15, 0.2) is 0 Å². The van der Waals surface area contributed by atoms with Gasteiger partial charge in [0.25, 0.3) is 0 Å². The normalized spacial score (nSPS) is 23.4. The predicted octanol–water partition coefficient (Wildman–Crippen LogP) is 1.72. The molecule has 0 radical (unpaired) electrons. The van der Waals surface area contributed by atoms with Crippen molar-refractivity contribution in [1.29, 1.82) is 5.26 Å². The minimum absolute atomic E-state index is 0.00305. The second-order valence-electron chi connectivity index (χ2n) is 6.78. The summed E-state index contributed by atoms with van der Waals surface area (Å²) in [5, 5.41) is 12.2. The summed E-state index contributed by atoms with van der Waals surface area (Å²) in [7, 11) is 1.73. The molecule has 0 aromatic rings. The number of nitrogens with zero attached hydrogens (tertiary/aromatic N) is 3. The number of urea groups is 1. The second-order valence-corrected chi connectivity index (χ2v) is 6.78. The van der Waals surface area contributed by atoms with E-state index >= 15 is 0 Å². The zero-order valence-electron chi connectivity index (χ0n) is 13.8. The molecule has 6 heteroatoms. The standard InChI is InChI=1S/C16H26N4O2/c1-12(2)18-15(22)20-9-4-6-13(10-20)14(21)19(3)16(11-17)7-5-8-16/h12-13H,4-10H2,1-3H3,(H,18,22)/t13-/m1/s1. The molecule has 2 rings (SSSR count). The number of nitrogens with one attached hydrogen (secondary N) is 1. The molecule has 6 nitrogen and oxygen atoms in total. The topological polar surface area (TPSA) is 76.4 Å². The van der Waals surface area contributed by atoms with Crippen LogP contribution in [0.5, 0.6) is 0 Å². The lowest BCUT2D eigenvalue weighted by molar-refractivity contribution is -0.142. The lowest BCUT2D eigenvalue weighted by Crippen LogP contribution is -2.57. The number of piperidine rings is 1. The third kappa shape index (κ3) is 3.18. The maximum absolute atomic E-state index is 12.7. The first-order chi connectivity index (χ1) is 10.4. The van der Waals surface area contributed by atoms with Gasteiger partial charge in [0.05, 0.1) is 12.0 Å². The molecule has 122 valence electrons. The van der Waals surface area contributed by atoms with Crippen molar-refractivity contribution in [2.24, 2.45) is 5.92 Å². The van der Waals surface area contributed by atoms with Crippen molar-refractivity contribution >= 4 is 11.9 Å². The van der Waals surface area contributed by atoms with Crippen molar-refractivity contribution < 1.29 is 9.59 Å². The molecule has 1 aliphatic heterocycles. The number of hydrogen-bond donors (Lipinski definition) is 1. The highest BCUT2D eigenvalue weighted by atomic mass is 16.2. The average molecular weight is 306 g/mol. The molecule has 0 spiro atoms. The highest BCUT2D eigenvalue weighted by Gasteiger charge is 2.45. The summed E-state index contributed by atoms with van der Waals surface area (Å²) in [5.41, 5.74) is -0.612. The molecule has 1 heterocycles. The quantitative estimate of drug-likeness (QED) is 0.862. The van der Waals surface area contributed by atoms with Gasteiger partial charge in [-0.15, -0.1) is 0 Å². The Labute approximate surface area is 132 Å². The Morgan fingerprint density at radius 2 is 2.05 bits per heavy atom. The molecular formula is C16H26N4O2. The van der Waals surface area contributed by atoms with E-state index in [1.54, 1.807) is 16.8 Å². The number of carbonyl (C=O) groups excluding carboxylic acids is 2. The SMILES string of the molecule is CC(C)NC(=O)N1CCC[C@@H](C(=O)N(C)C2(C#N)CCC2)C1. The van der Waals surface area contributed by atoms with Crippen LogP contribution in [0.3, 0.4) is 0 Å². The van der Waals surface area contributed by atoms with Crippen LogP contribution in [0.1, 0.15) is 46.0 Å². The Bertz CT molecular complexity index is 479. The molecule has 0 unspecified atom stereocenters. The van der Waals surface area contributed by atoms with E-state index in [1.807, 2.05) is 13.8 Å². The molecule has 1 N–H and O–H groups in total. The van der Waals surface area contributed by atoms with E-state index in [1.165, 1.54) is 0 Å². The summed E-state index contributed by atoms with van der Waals surface area (Å²) in [5.74, 6) is -0.189. The maximum atomic E-state index is 12.7.